The number of fused-ring (bicyclic) bond motifs is 1. The number of nitrogens with one attached hydrogen (secondary N) is 1. The Kier molecular flexibility index (Phi) is 4.28. The highest BCUT2D eigenvalue weighted by Gasteiger charge is 2.13. The van der Waals surface area contributed by atoms with Crippen LogP contribution in [0.5, 0.6) is 5.75 Å². The number of amides is 1. The Labute approximate surface area is 134 Å². The van der Waals surface area contributed by atoms with E-state index in [0.29, 0.717) is 18.0 Å². The third-order valence-electron chi connectivity index (χ3n) is 3.64. The Morgan fingerprint density at radius 1 is 1.26 bits per heavy atom. The van der Waals surface area contributed by atoms with Gasteiger partial charge in [-0.15, -0.1) is 0 Å². The molecule has 0 fully saturated rings. The maximum absolute atomic E-state index is 11.8. The van der Waals surface area contributed by atoms with E-state index in [1.807, 2.05) is 43.3 Å². The predicted octanol–water partition coefficient (Wildman–Crippen LogP) is 3.90. The van der Waals surface area contributed by atoms with Gasteiger partial charge in [-0.3, -0.25) is 10.2 Å². The third kappa shape index (κ3) is 3.69. The van der Waals surface area contributed by atoms with Crippen molar-refractivity contribution in [2.24, 2.45) is 5.16 Å². The van der Waals surface area contributed by atoms with Crippen molar-refractivity contribution < 1.29 is 14.4 Å². The van der Waals surface area contributed by atoms with Gasteiger partial charge in [0.25, 0.3) is 0 Å². The number of rotatable bonds is 3. The first-order valence-electron chi connectivity index (χ1n) is 7.47. The smallest absolute Gasteiger partial charge is 0.437 e. The van der Waals surface area contributed by atoms with Crippen LogP contribution in [0.15, 0.2) is 47.6 Å². The van der Waals surface area contributed by atoms with Crippen LogP contribution in [-0.2, 0) is 11.3 Å². The van der Waals surface area contributed by atoms with E-state index in [4.69, 9.17) is 9.57 Å². The summed E-state index contributed by atoms with van der Waals surface area (Å²) in [7, 11) is 0. The number of anilines is 1. The molecule has 1 N–H and O–H groups in total. The minimum absolute atomic E-state index is 0.612. The minimum atomic E-state index is -0.612. The van der Waals surface area contributed by atoms with Crippen molar-refractivity contribution in [1.82, 2.24) is 0 Å². The molecule has 1 amide bonds. The van der Waals surface area contributed by atoms with Crippen molar-refractivity contribution in [2.75, 3.05) is 11.9 Å². The molecule has 0 saturated carbocycles. The molecular weight excluding hydrogens is 292 g/mol. The van der Waals surface area contributed by atoms with Crippen LogP contribution in [0.4, 0.5) is 10.5 Å². The molecule has 1 aliphatic heterocycles. The molecule has 0 atom stereocenters. The van der Waals surface area contributed by atoms with Gasteiger partial charge >= 0.3 is 6.09 Å². The lowest BCUT2D eigenvalue weighted by Gasteiger charge is -2.05. The number of hydrogen-bond donors (Lipinski definition) is 1. The fourth-order valence-corrected chi connectivity index (χ4v) is 2.44. The minimum Gasteiger partial charge on any atom is -0.493 e. The first-order chi connectivity index (χ1) is 11.1. The summed E-state index contributed by atoms with van der Waals surface area (Å²) in [5.74, 6) is 0.916. The van der Waals surface area contributed by atoms with Gasteiger partial charge in [-0.25, -0.2) is 4.79 Å². The van der Waals surface area contributed by atoms with Crippen LogP contribution in [0, 0.1) is 6.92 Å². The molecule has 0 spiro atoms. The average molecular weight is 310 g/mol. The van der Waals surface area contributed by atoms with Crippen LogP contribution >= 0.6 is 0 Å². The van der Waals surface area contributed by atoms with E-state index in [0.717, 1.165) is 28.9 Å². The van der Waals surface area contributed by atoms with Crippen LogP contribution in [0.25, 0.3) is 0 Å². The van der Waals surface area contributed by atoms with E-state index in [1.165, 1.54) is 0 Å². The van der Waals surface area contributed by atoms with Crippen LogP contribution in [-0.4, -0.2) is 18.4 Å². The number of nitrogens with zero attached hydrogens (tertiary/aromatic N) is 1. The Morgan fingerprint density at radius 3 is 2.96 bits per heavy atom. The highest BCUT2D eigenvalue weighted by atomic mass is 16.7. The Balaban J connectivity index is 1.63. The SMILES string of the molecule is C/C(=N\OC(=O)Nc1cccc(C)c1)c1ccc2c(c1)CCO2. The van der Waals surface area contributed by atoms with Gasteiger partial charge in [0.1, 0.15) is 5.75 Å². The quantitative estimate of drug-likeness (QED) is 0.531. The zero-order valence-electron chi connectivity index (χ0n) is 13.1. The zero-order valence-corrected chi connectivity index (χ0v) is 13.1. The van der Waals surface area contributed by atoms with Gasteiger partial charge in [-0.1, -0.05) is 17.3 Å². The van der Waals surface area contributed by atoms with Crippen molar-refractivity contribution in [3.63, 3.8) is 0 Å². The topological polar surface area (TPSA) is 59.9 Å². The summed E-state index contributed by atoms with van der Waals surface area (Å²) in [6, 6.07) is 13.3. The standard InChI is InChI=1S/C18H18N2O3/c1-12-4-3-5-16(10-12)19-18(21)23-20-13(2)14-6-7-17-15(11-14)8-9-22-17/h3-7,10-11H,8-9H2,1-2H3,(H,19,21)/b20-13+. The second-order valence-electron chi connectivity index (χ2n) is 5.47. The number of carbonyl (C=O) groups excluding carboxylic acids is 1. The van der Waals surface area contributed by atoms with E-state index in [2.05, 4.69) is 10.5 Å². The molecule has 23 heavy (non-hydrogen) atoms. The number of carbonyl (C=O) groups is 1. The lowest BCUT2D eigenvalue weighted by molar-refractivity contribution is 0.166. The first kappa shape index (κ1) is 15.1. The Morgan fingerprint density at radius 2 is 2.13 bits per heavy atom. The van der Waals surface area contributed by atoms with Gasteiger partial charge in [-0.2, -0.15) is 0 Å². The van der Waals surface area contributed by atoms with Gasteiger partial charge in [0.05, 0.1) is 12.3 Å². The van der Waals surface area contributed by atoms with E-state index < -0.39 is 6.09 Å². The molecule has 3 rings (SSSR count). The molecule has 0 bridgehead atoms. The summed E-state index contributed by atoms with van der Waals surface area (Å²) in [4.78, 5) is 16.7. The van der Waals surface area contributed by atoms with Crippen molar-refractivity contribution in [3.05, 3.63) is 59.2 Å². The second-order valence-corrected chi connectivity index (χ2v) is 5.47. The maximum Gasteiger partial charge on any atom is 0.437 e. The molecule has 1 heterocycles. The molecular formula is C18H18N2O3. The zero-order chi connectivity index (χ0) is 16.2. The lowest BCUT2D eigenvalue weighted by Crippen LogP contribution is -2.12. The van der Waals surface area contributed by atoms with Crippen molar-refractivity contribution >= 4 is 17.5 Å². The molecule has 118 valence electrons. The van der Waals surface area contributed by atoms with Crippen LogP contribution in [0.3, 0.4) is 0 Å². The second kappa shape index (κ2) is 6.52. The number of oxime groups is 1. The van der Waals surface area contributed by atoms with Crippen LogP contribution < -0.4 is 10.1 Å². The summed E-state index contributed by atoms with van der Waals surface area (Å²) in [6.07, 6.45) is 0.282. The molecule has 2 aromatic rings. The maximum atomic E-state index is 11.8. The molecule has 0 aliphatic carbocycles. The largest absolute Gasteiger partial charge is 0.493 e. The van der Waals surface area contributed by atoms with Crippen molar-refractivity contribution in [3.8, 4) is 5.75 Å². The molecule has 1 aliphatic rings. The van der Waals surface area contributed by atoms with E-state index in [9.17, 15) is 4.79 Å². The fourth-order valence-electron chi connectivity index (χ4n) is 2.44. The van der Waals surface area contributed by atoms with Crippen LogP contribution in [0.1, 0.15) is 23.6 Å². The summed E-state index contributed by atoms with van der Waals surface area (Å²) < 4.78 is 5.47. The van der Waals surface area contributed by atoms with Gasteiger partial charge in [0.15, 0.2) is 0 Å². The average Bonchev–Trinajstić information content (AvgIpc) is 3.00. The van der Waals surface area contributed by atoms with E-state index in [1.54, 1.807) is 13.0 Å². The summed E-state index contributed by atoms with van der Waals surface area (Å²) in [5.41, 5.74) is 4.44. The summed E-state index contributed by atoms with van der Waals surface area (Å²) >= 11 is 0. The molecule has 0 aromatic heterocycles. The molecule has 0 radical (unpaired) electrons. The molecule has 0 saturated heterocycles. The summed E-state index contributed by atoms with van der Waals surface area (Å²) in [6.45, 7) is 4.47. The van der Waals surface area contributed by atoms with Crippen molar-refractivity contribution in [2.45, 2.75) is 20.3 Å². The molecule has 0 unspecified atom stereocenters. The van der Waals surface area contributed by atoms with Gasteiger partial charge in [0, 0.05) is 12.1 Å². The Bertz CT molecular complexity index is 769. The van der Waals surface area contributed by atoms with Gasteiger partial charge in [-0.05, 0) is 60.9 Å². The van der Waals surface area contributed by atoms with Crippen molar-refractivity contribution in [1.29, 1.82) is 0 Å². The number of hydrogen-bond acceptors (Lipinski definition) is 4. The predicted molar refractivity (Wildman–Crippen MR) is 89.1 cm³/mol. The van der Waals surface area contributed by atoms with E-state index in [-0.39, 0.29) is 0 Å². The third-order valence-corrected chi connectivity index (χ3v) is 3.64. The normalized spacial score (nSPS) is 13.2. The fraction of sp³-hybridized carbons (Fsp3) is 0.222. The van der Waals surface area contributed by atoms with E-state index >= 15 is 0 Å². The highest BCUT2D eigenvalue weighted by molar-refractivity contribution is 5.99. The molecule has 5 heteroatoms. The Hall–Kier alpha value is -2.82. The lowest BCUT2D eigenvalue weighted by atomic mass is 10.1. The highest BCUT2D eigenvalue weighted by Crippen LogP contribution is 2.26. The number of ether oxygens (including phenoxy) is 1. The molecule has 5 nitrogen and oxygen atoms in total. The van der Waals surface area contributed by atoms with Gasteiger partial charge < -0.3 is 4.74 Å². The summed E-state index contributed by atoms with van der Waals surface area (Å²) in [5, 5.41) is 6.55. The van der Waals surface area contributed by atoms with Crippen LogP contribution in [0.2, 0.25) is 0 Å². The monoisotopic (exact) mass is 310 g/mol. The molecule has 2 aromatic carbocycles. The van der Waals surface area contributed by atoms with Gasteiger partial charge in [0.2, 0.25) is 0 Å². The first-order valence-corrected chi connectivity index (χ1v) is 7.47. The number of aryl methyl sites for hydroxylation is 1. The number of benzene rings is 2.